The van der Waals surface area contributed by atoms with Crippen molar-refractivity contribution >= 4 is 17.4 Å². The molecule has 0 radical (unpaired) electrons. The molecule has 1 rings (SSSR count). The molecule has 0 spiro atoms. The normalized spacial score (nSPS) is 12.0. The van der Waals surface area contributed by atoms with Crippen LogP contribution in [-0.2, 0) is 6.54 Å². The fourth-order valence-electron chi connectivity index (χ4n) is 0.644. The highest BCUT2D eigenvalue weighted by Crippen LogP contribution is 1.99. The third-order valence-corrected chi connectivity index (χ3v) is 1.50. The average Bonchev–Trinajstić information content (AvgIpc) is 2.35. The molecule has 0 atom stereocenters. The quantitative estimate of drug-likeness (QED) is 0.724. The number of halogens is 1. The molecule has 11 heavy (non-hydrogen) atoms. The van der Waals surface area contributed by atoms with E-state index >= 15 is 0 Å². The minimum Gasteiger partial charge on any atom is -0.381 e. The van der Waals surface area contributed by atoms with E-state index in [0.29, 0.717) is 12.4 Å². The Morgan fingerprint density at radius 3 is 3.09 bits per heavy atom. The molecule has 4 nitrogen and oxygen atoms in total. The summed E-state index contributed by atoms with van der Waals surface area (Å²) in [5.41, 5.74) is 7.84. The topological polar surface area (TPSA) is 56.7 Å². The lowest BCUT2D eigenvalue weighted by Gasteiger charge is -1.96. The van der Waals surface area contributed by atoms with Crippen molar-refractivity contribution in [3.8, 4) is 0 Å². The van der Waals surface area contributed by atoms with Gasteiger partial charge >= 0.3 is 0 Å². The number of aromatic nitrogens is 3. The van der Waals surface area contributed by atoms with Crippen molar-refractivity contribution in [1.29, 1.82) is 0 Å². The van der Waals surface area contributed by atoms with Crippen molar-refractivity contribution in [2.75, 3.05) is 5.73 Å². The van der Waals surface area contributed by atoms with Gasteiger partial charge < -0.3 is 5.73 Å². The van der Waals surface area contributed by atoms with Crippen molar-refractivity contribution in [3.63, 3.8) is 0 Å². The van der Waals surface area contributed by atoms with Crippen LogP contribution < -0.4 is 5.73 Å². The summed E-state index contributed by atoms with van der Waals surface area (Å²) in [7, 11) is 0. The lowest BCUT2D eigenvalue weighted by Crippen LogP contribution is -2.03. The van der Waals surface area contributed by atoms with Gasteiger partial charge in [0.25, 0.3) is 0 Å². The van der Waals surface area contributed by atoms with Crippen molar-refractivity contribution in [2.45, 2.75) is 13.5 Å². The molecule has 60 valence electrons. The molecule has 0 aliphatic rings. The number of allylic oxidation sites excluding steroid dienone is 1. The highest BCUT2D eigenvalue weighted by atomic mass is 35.5. The van der Waals surface area contributed by atoms with Gasteiger partial charge in [-0.15, -0.1) is 5.10 Å². The summed E-state index contributed by atoms with van der Waals surface area (Å²) in [5, 5.41) is 7.77. The van der Waals surface area contributed by atoms with E-state index in [9.17, 15) is 0 Å². The Labute approximate surface area is 69.6 Å². The molecule has 0 unspecified atom stereocenters. The molecule has 1 aromatic rings. The Morgan fingerprint density at radius 1 is 1.91 bits per heavy atom. The molecule has 0 aliphatic heterocycles. The van der Waals surface area contributed by atoms with Gasteiger partial charge in [-0.3, -0.25) is 0 Å². The van der Waals surface area contributed by atoms with Crippen LogP contribution in [0.25, 0.3) is 0 Å². The third-order valence-electron chi connectivity index (χ3n) is 1.13. The molecular weight excluding hydrogens is 164 g/mol. The van der Waals surface area contributed by atoms with E-state index in [1.807, 2.05) is 6.92 Å². The predicted molar refractivity (Wildman–Crippen MR) is 44.0 cm³/mol. The largest absolute Gasteiger partial charge is 0.381 e. The molecule has 0 aromatic carbocycles. The van der Waals surface area contributed by atoms with Crippen molar-refractivity contribution in [2.24, 2.45) is 0 Å². The average molecular weight is 173 g/mol. The van der Waals surface area contributed by atoms with Gasteiger partial charge in [0.05, 0.1) is 12.7 Å². The van der Waals surface area contributed by atoms with Gasteiger partial charge in [0.2, 0.25) is 0 Å². The van der Waals surface area contributed by atoms with Crippen LogP contribution in [0.15, 0.2) is 17.3 Å². The zero-order valence-electron chi connectivity index (χ0n) is 6.16. The number of nitrogen functional groups attached to an aromatic ring is 1. The summed E-state index contributed by atoms with van der Waals surface area (Å²) in [5.74, 6) is 0.423. The van der Waals surface area contributed by atoms with Gasteiger partial charge in [-0.05, 0) is 12.5 Å². The van der Waals surface area contributed by atoms with Gasteiger partial charge in [-0.2, -0.15) is 9.90 Å². The maximum Gasteiger partial charge on any atom is 0.165 e. The summed E-state index contributed by atoms with van der Waals surface area (Å²) >= 11 is 5.45. The van der Waals surface area contributed by atoms with E-state index in [1.54, 1.807) is 0 Å². The van der Waals surface area contributed by atoms with Crippen LogP contribution in [0.5, 0.6) is 0 Å². The van der Waals surface area contributed by atoms with Crippen molar-refractivity contribution in [1.82, 2.24) is 15.0 Å². The Balaban J connectivity index is 2.65. The first kappa shape index (κ1) is 8.07. The van der Waals surface area contributed by atoms with E-state index in [0.717, 1.165) is 5.57 Å². The van der Waals surface area contributed by atoms with E-state index < -0.39 is 0 Å². The summed E-state index contributed by atoms with van der Waals surface area (Å²) < 4.78 is 0. The van der Waals surface area contributed by atoms with Crippen LogP contribution in [-0.4, -0.2) is 15.0 Å². The molecule has 0 saturated carbocycles. The summed E-state index contributed by atoms with van der Waals surface area (Å²) in [4.78, 5) is 1.49. The minimum atomic E-state index is 0.423. The third kappa shape index (κ3) is 2.23. The lowest BCUT2D eigenvalue weighted by molar-refractivity contribution is 0.587. The number of anilines is 1. The fraction of sp³-hybridized carbons (Fsp3) is 0.333. The number of hydrogen-bond donors (Lipinski definition) is 1. The van der Waals surface area contributed by atoms with Crippen LogP contribution in [0.2, 0.25) is 0 Å². The van der Waals surface area contributed by atoms with Crippen molar-refractivity contribution in [3.05, 3.63) is 17.3 Å². The Bertz CT molecular complexity index is 265. The second kappa shape index (κ2) is 3.39. The lowest BCUT2D eigenvalue weighted by atomic mass is 10.4. The minimum absolute atomic E-state index is 0.423. The van der Waals surface area contributed by atoms with Crippen LogP contribution in [0, 0.1) is 0 Å². The first-order chi connectivity index (χ1) is 5.22. The molecule has 2 N–H and O–H groups in total. The highest BCUT2D eigenvalue weighted by molar-refractivity contribution is 6.25. The first-order valence-electron chi connectivity index (χ1n) is 3.14. The molecule has 1 heterocycles. The fourth-order valence-corrected chi connectivity index (χ4v) is 0.713. The Hall–Kier alpha value is -1.03. The molecule has 0 fully saturated rings. The van der Waals surface area contributed by atoms with Gasteiger partial charge in [-0.25, -0.2) is 0 Å². The number of hydrogen-bond acceptors (Lipinski definition) is 3. The number of nitrogens with zero attached hydrogens (tertiary/aromatic N) is 3. The number of rotatable bonds is 2. The Morgan fingerprint density at radius 2 is 2.64 bits per heavy atom. The molecule has 0 aliphatic carbocycles. The standard InChI is InChI=1S/C6H9ClN4/c1-5(2-7)4-11-9-3-6(8)10-11/h2-3H,4H2,1H3,(H2,8,10)/b5-2+. The van der Waals surface area contributed by atoms with Gasteiger partial charge in [-0.1, -0.05) is 11.6 Å². The van der Waals surface area contributed by atoms with Gasteiger partial charge in [0.15, 0.2) is 5.82 Å². The molecular formula is C6H9ClN4. The SMILES string of the molecule is C/C(=C\Cl)Cn1ncc(N)n1. The second-order valence-corrected chi connectivity index (χ2v) is 2.47. The predicted octanol–water partition coefficient (Wildman–Crippen LogP) is 1.00. The maximum absolute atomic E-state index is 5.45. The van der Waals surface area contributed by atoms with Crippen LogP contribution in [0.1, 0.15) is 6.92 Å². The summed E-state index contributed by atoms with van der Waals surface area (Å²) in [6.07, 6.45) is 1.50. The van der Waals surface area contributed by atoms with Crippen molar-refractivity contribution < 1.29 is 0 Å². The highest BCUT2D eigenvalue weighted by Gasteiger charge is 1.95. The molecule has 1 aromatic heterocycles. The van der Waals surface area contributed by atoms with E-state index in [-0.39, 0.29) is 0 Å². The van der Waals surface area contributed by atoms with Crippen LogP contribution >= 0.6 is 11.6 Å². The first-order valence-corrected chi connectivity index (χ1v) is 3.57. The van der Waals surface area contributed by atoms with Gasteiger partial charge in [0.1, 0.15) is 0 Å². The summed E-state index contributed by atoms with van der Waals surface area (Å²) in [6, 6.07) is 0. The monoisotopic (exact) mass is 172 g/mol. The van der Waals surface area contributed by atoms with Gasteiger partial charge in [0, 0.05) is 5.54 Å². The van der Waals surface area contributed by atoms with E-state index in [2.05, 4.69) is 10.2 Å². The summed E-state index contributed by atoms with van der Waals surface area (Å²) in [6.45, 7) is 2.48. The molecule has 0 bridgehead atoms. The van der Waals surface area contributed by atoms with E-state index in [1.165, 1.54) is 16.5 Å². The zero-order valence-corrected chi connectivity index (χ0v) is 6.91. The molecule has 0 saturated heterocycles. The van der Waals surface area contributed by atoms with E-state index in [4.69, 9.17) is 17.3 Å². The smallest absolute Gasteiger partial charge is 0.165 e. The number of nitrogens with two attached hydrogens (primary N) is 1. The van der Waals surface area contributed by atoms with Crippen LogP contribution in [0.4, 0.5) is 5.82 Å². The Kier molecular flexibility index (Phi) is 2.48. The molecule has 0 amide bonds. The molecule has 5 heteroatoms. The maximum atomic E-state index is 5.45. The zero-order chi connectivity index (χ0) is 8.27. The van der Waals surface area contributed by atoms with Crippen LogP contribution in [0.3, 0.4) is 0 Å². The second-order valence-electron chi connectivity index (χ2n) is 2.26.